The second-order valence-corrected chi connectivity index (χ2v) is 7.79. The van der Waals surface area contributed by atoms with E-state index in [9.17, 15) is 23.3 Å². The van der Waals surface area contributed by atoms with Gasteiger partial charge in [-0.2, -0.15) is 4.31 Å². The third-order valence-corrected chi connectivity index (χ3v) is 6.23. The minimum Gasteiger partial charge on any atom is -0.340 e. The van der Waals surface area contributed by atoms with Crippen molar-refractivity contribution in [1.82, 2.24) is 9.21 Å². The summed E-state index contributed by atoms with van der Waals surface area (Å²) >= 11 is 0. The molecule has 0 bridgehead atoms. The van der Waals surface area contributed by atoms with E-state index in [4.69, 9.17) is 5.73 Å². The van der Waals surface area contributed by atoms with Crippen molar-refractivity contribution >= 4 is 34.0 Å². The Morgan fingerprint density at radius 2 is 1.88 bits per heavy atom. The zero-order valence-corrected chi connectivity index (χ0v) is 16.1. The SMILES string of the molecule is Cc1ccc([N+](=O)[O-])cc1S(=O)(=O)N1CCN(C(=O)CCCN)CC1.Cl. The van der Waals surface area contributed by atoms with E-state index in [1.807, 2.05) is 0 Å². The van der Waals surface area contributed by atoms with Crippen molar-refractivity contribution in [3.8, 4) is 0 Å². The molecule has 146 valence electrons. The van der Waals surface area contributed by atoms with Crippen molar-refractivity contribution in [2.75, 3.05) is 32.7 Å². The highest BCUT2D eigenvalue weighted by Gasteiger charge is 2.31. The van der Waals surface area contributed by atoms with E-state index in [-0.39, 0.29) is 42.0 Å². The van der Waals surface area contributed by atoms with E-state index in [1.165, 1.54) is 16.4 Å². The molecule has 2 N–H and O–H groups in total. The average Bonchev–Trinajstić information content (AvgIpc) is 2.59. The Labute approximate surface area is 158 Å². The molecule has 1 aliphatic heterocycles. The standard InChI is InChI=1S/C15H22N4O5S.ClH/c1-12-4-5-13(19(21)22)11-14(12)25(23,24)18-9-7-17(8-10-18)15(20)3-2-6-16;/h4-5,11H,2-3,6-10,16H2,1H3;1H. The van der Waals surface area contributed by atoms with Gasteiger partial charge in [0.05, 0.1) is 9.82 Å². The number of carbonyl (C=O) groups is 1. The minimum atomic E-state index is -3.84. The summed E-state index contributed by atoms with van der Waals surface area (Å²) in [6.07, 6.45) is 0.956. The zero-order valence-electron chi connectivity index (χ0n) is 14.5. The van der Waals surface area contributed by atoms with Crippen LogP contribution >= 0.6 is 12.4 Å². The number of halogens is 1. The molecule has 1 fully saturated rings. The summed E-state index contributed by atoms with van der Waals surface area (Å²) in [6, 6.07) is 3.80. The summed E-state index contributed by atoms with van der Waals surface area (Å²) in [7, 11) is -3.84. The summed E-state index contributed by atoms with van der Waals surface area (Å²) in [5.41, 5.74) is 5.58. The second kappa shape index (κ2) is 9.26. The average molecular weight is 407 g/mol. The highest BCUT2D eigenvalue weighted by atomic mass is 35.5. The van der Waals surface area contributed by atoms with E-state index in [0.717, 1.165) is 6.07 Å². The quantitative estimate of drug-likeness (QED) is 0.552. The molecule has 0 radical (unpaired) electrons. The van der Waals surface area contributed by atoms with Gasteiger partial charge in [0.15, 0.2) is 0 Å². The van der Waals surface area contributed by atoms with Gasteiger partial charge in [-0.15, -0.1) is 12.4 Å². The van der Waals surface area contributed by atoms with Gasteiger partial charge in [-0.3, -0.25) is 14.9 Å². The molecule has 9 nitrogen and oxygen atoms in total. The van der Waals surface area contributed by atoms with Crippen LogP contribution in [0.2, 0.25) is 0 Å². The van der Waals surface area contributed by atoms with Crippen LogP contribution in [0, 0.1) is 17.0 Å². The molecule has 2 rings (SSSR count). The Morgan fingerprint density at radius 3 is 2.42 bits per heavy atom. The fourth-order valence-corrected chi connectivity index (χ4v) is 4.38. The summed E-state index contributed by atoms with van der Waals surface area (Å²) in [5.74, 6) is -0.0333. The van der Waals surface area contributed by atoms with Gasteiger partial charge in [0, 0.05) is 44.7 Å². The van der Waals surface area contributed by atoms with Gasteiger partial charge >= 0.3 is 0 Å². The number of hydrogen-bond donors (Lipinski definition) is 1. The van der Waals surface area contributed by atoms with Gasteiger partial charge < -0.3 is 10.6 Å². The number of piperazine rings is 1. The van der Waals surface area contributed by atoms with Crippen LogP contribution in [0.15, 0.2) is 23.1 Å². The molecule has 1 aromatic carbocycles. The van der Waals surface area contributed by atoms with Crippen LogP contribution in [0.1, 0.15) is 18.4 Å². The van der Waals surface area contributed by atoms with Crippen molar-refractivity contribution in [2.45, 2.75) is 24.7 Å². The van der Waals surface area contributed by atoms with Crippen LogP contribution in [-0.4, -0.2) is 61.2 Å². The summed E-state index contributed by atoms with van der Waals surface area (Å²) < 4.78 is 26.9. The van der Waals surface area contributed by atoms with E-state index in [0.29, 0.717) is 38.0 Å². The van der Waals surface area contributed by atoms with E-state index >= 15 is 0 Å². The predicted molar refractivity (Wildman–Crippen MR) is 98.7 cm³/mol. The molecule has 0 unspecified atom stereocenters. The molecule has 26 heavy (non-hydrogen) atoms. The molecule has 0 atom stereocenters. The lowest BCUT2D eigenvalue weighted by molar-refractivity contribution is -0.385. The third-order valence-electron chi connectivity index (χ3n) is 4.19. The lowest BCUT2D eigenvalue weighted by Crippen LogP contribution is -2.50. The number of non-ortho nitro benzene ring substituents is 1. The Balaban J connectivity index is 0.00000338. The van der Waals surface area contributed by atoms with E-state index < -0.39 is 14.9 Å². The first-order valence-electron chi connectivity index (χ1n) is 8.00. The number of amides is 1. The largest absolute Gasteiger partial charge is 0.340 e. The molecule has 1 heterocycles. The lowest BCUT2D eigenvalue weighted by atomic mass is 10.2. The van der Waals surface area contributed by atoms with Crippen molar-refractivity contribution in [3.05, 3.63) is 33.9 Å². The molecule has 0 saturated carbocycles. The van der Waals surface area contributed by atoms with Crippen molar-refractivity contribution < 1.29 is 18.1 Å². The summed E-state index contributed by atoms with van der Waals surface area (Å²) in [5, 5.41) is 10.9. The summed E-state index contributed by atoms with van der Waals surface area (Å²) in [6.45, 7) is 2.97. The topological polar surface area (TPSA) is 127 Å². The molecule has 1 saturated heterocycles. The maximum Gasteiger partial charge on any atom is 0.270 e. The third kappa shape index (κ3) is 4.91. The van der Waals surface area contributed by atoms with Crippen LogP contribution in [0.4, 0.5) is 5.69 Å². The molecular formula is C15H23ClN4O5S. The first-order chi connectivity index (χ1) is 11.8. The molecule has 1 amide bonds. The fourth-order valence-electron chi connectivity index (χ4n) is 2.71. The van der Waals surface area contributed by atoms with Crippen molar-refractivity contribution in [2.24, 2.45) is 5.73 Å². The van der Waals surface area contributed by atoms with Crippen LogP contribution < -0.4 is 5.73 Å². The van der Waals surface area contributed by atoms with Crippen LogP contribution in [0.5, 0.6) is 0 Å². The molecule has 0 aliphatic carbocycles. The number of nitro groups is 1. The molecule has 11 heteroatoms. The zero-order chi connectivity index (χ0) is 18.6. The molecular weight excluding hydrogens is 384 g/mol. The van der Waals surface area contributed by atoms with Crippen LogP contribution in [0.25, 0.3) is 0 Å². The monoisotopic (exact) mass is 406 g/mol. The first kappa shape index (κ1) is 22.3. The predicted octanol–water partition coefficient (Wildman–Crippen LogP) is 0.897. The maximum atomic E-state index is 12.8. The van der Waals surface area contributed by atoms with Gasteiger partial charge in [-0.1, -0.05) is 6.07 Å². The molecule has 1 aromatic rings. The first-order valence-corrected chi connectivity index (χ1v) is 9.44. The van der Waals surface area contributed by atoms with Gasteiger partial charge in [-0.05, 0) is 25.5 Å². The summed E-state index contributed by atoms with van der Waals surface area (Å²) in [4.78, 5) is 23.8. The van der Waals surface area contributed by atoms with E-state index in [1.54, 1.807) is 11.8 Å². The maximum absolute atomic E-state index is 12.8. The van der Waals surface area contributed by atoms with E-state index in [2.05, 4.69) is 0 Å². The second-order valence-electron chi connectivity index (χ2n) is 5.88. The number of nitrogens with two attached hydrogens (primary N) is 1. The number of carbonyl (C=O) groups excluding carboxylic acids is 1. The number of hydrogen-bond acceptors (Lipinski definition) is 6. The van der Waals surface area contributed by atoms with Crippen LogP contribution in [-0.2, 0) is 14.8 Å². The molecule has 0 aromatic heterocycles. The highest BCUT2D eigenvalue weighted by molar-refractivity contribution is 7.89. The van der Waals surface area contributed by atoms with Gasteiger partial charge in [0.1, 0.15) is 0 Å². The lowest BCUT2D eigenvalue weighted by Gasteiger charge is -2.34. The van der Waals surface area contributed by atoms with Gasteiger partial charge in [0.2, 0.25) is 15.9 Å². The number of rotatable bonds is 6. The highest BCUT2D eigenvalue weighted by Crippen LogP contribution is 2.25. The number of nitrogens with zero attached hydrogens (tertiary/aromatic N) is 3. The van der Waals surface area contributed by atoms with Gasteiger partial charge in [-0.25, -0.2) is 8.42 Å². The number of benzene rings is 1. The number of sulfonamides is 1. The number of nitro benzene ring substituents is 1. The molecule has 0 spiro atoms. The fraction of sp³-hybridized carbons (Fsp3) is 0.533. The molecule has 1 aliphatic rings. The van der Waals surface area contributed by atoms with Crippen LogP contribution in [0.3, 0.4) is 0 Å². The Hall–Kier alpha value is -1.75. The van der Waals surface area contributed by atoms with Gasteiger partial charge in [0.25, 0.3) is 5.69 Å². The number of aryl methyl sites for hydroxylation is 1. The van der Waals surface area contributed by atoms with Crippen molar-refractivity contribution in [1.29, 1.82) is 0 Å². The Bertz CT molecular complexity index is 763. The normalized spacial score (nSPS) is 15.4. The minimum absolute atomic E-state index is 0. The smallest absolute Gasteiger partial charge is 0.270 e. The Kier molecular flexibility index (Phi) is 7.94. The Morgan fingerprint density at radius 1 is 1.27 bits per heavy atom. The van der Waals surface area contributed by atoms with Crippen molar-refractivity contribution in [3.63, 3.8) is 0 Å².